The van der Waals surface area contributed by atoms with Crippen LogP contribution in [-0.4, -0.2) is 47.0 Å². The molecule has 0 unspecified atom stereocenters. The first-order valence-electron chi connectivity index (χ1n) is 11.2. The summed E-state index contributed by atoms with van der Waals surface area (Å²) in [6.45, 7) is 4.71. The fraction of sp³-hybridized carbons (Fsp3) is 0.222. The third-order valence-electron chi connectivity index (χ3n) is 6.09. The number of rotatable bonds is 4. The van der Waals surface area contributed by atoms with Crippen molar-refractivity contribution in [2.24, 2.45) is 0 Å². The lowest BCUT2D eigenvalue weighted by Crippen LogP contribution is -2.49. The van der Waals surface area contributed by atoms with Gasteiger partial charge in [0.25, 0.3) is 0 Å². The van der Waals surface area contributed by atoms with Crippen LogP contribution in [0.25, 0.3) is 22.3 Å². The van der Waals surface area contributed by atoms with Gasteiger partial charge in [0, 0.05) is 37.1 Å². The lowest BCUT2D eigenvalue weighted by Gasteiger charge is -2.36. The summed E-state index contributed by atoms with van der Waals surface area (Å²) in [4.78, 5) is 26.6. The SMILES string of the molecule is Cc1ccc(-c2nc(N3CCN(C(=O)Cc4ccc(F)cc4)CC3)c3ccccc3n2)cc1. The van der Waals surface area contributed by atoms with Crippen molar-refractivity contribution in [1.82, 2.24) is 14.9 Å². The molecule has 1 aliphatic rings. The van der Waals surface area contributed by atoms with Gasteiger partial charge in [0.15, 0.2) is 5.82 Å². The van der Waals surface area contributed by atoms with E-state index in [4.69, 9.17) is 9.97 Å². The molecule has 0 radical (unpaired) electrons. The molecule has 2 heterocycles. The van der Waals surface area contributed by atoms with Crippen molar-refractivity contribution in [2.45, 2.75) is 13.3 Å². The summed E-state index contributed by atoms with van der Waals surface area (Å²) < 4.78 is 13.1. The number of nitrogens with zero attached hydrogens (tertiary/aromatic N) is 4. The Labute approximate surface area is 192 Å². The number of carbonyl (C=O) groups is 1. The van der Waals surface area contributed by atoms with Gasteiger partial charge in [0.2, 0.25) is 5.91 Å². The largest absolute Gasteiger partial charge is 0.352 e. The molecule has 6 heteroatoms. The number of aryl methyl sites for hydroxylation is 1. The highest BCUT2D eigenvalue weighted by molar-refractivity contribution is 5.91. The van der Waals surface area contributed by atoms with E-state index in [-0.39, 0.29) is 18.1 Å². The first-order chi connectivity index (χ1) is 16.1. The summed E-state index contributed by atoms with van der Waals surface area (Å²) in [5, 5.41) is 1.01. The Kier molecular flexibility index (Phi) is 5.73. The van der Waals surface area contributed by atoms with Crippen molar-refractivity contribution < 1.29 is 9.18 Å². The Morgan fingerprint density at radius 2 is 1.58 bits per heavy atom. The van der Waals surface area contributed by atoms with Crippen LogP contribution in [0.3, 0.4) is 0 Å². The Morgan fingerprint density at radius 3 is 2.30 bits per heavy atom. The van der Waals surface area contributed by atoms with Crippen LogP contribution in [0.4, 0.5) is 10.2 Å². The summed E-state index contributed by atoms with van der Waals surface area (Å²) >= 11 is 0. The van der Waals surface area contributed by atoms with E-state index < -0.39 is 0 Å². The molecule has 0 aliphatic carbocycles. The van der Waals surface area contributed by atoms with E-state index in [1.165, 1.54) is 17.7 Å². The molecule has 1 saturated heterocycles. The number of anilines is 1. The maximum absolute atomic E-state index is 13.1. The van der Waals surface area contributed by atoms with Crippen LogP contribution in [0.2, 0.25) is 0 Å². The molecular formula is C27H25FN4O. The second-order valence-corrected chi connectivity index (χ2v) is 8.43. The molecule has 3 aromatic carbocycles. The second kappa shape index (κ2) is 8.98. The zero-order valence-corrected chi connectivity index (χ0v) is 18.5. The van der Waals surface area contributed by atoms with E-state index in [9.17, 15) is 9.18 Å². The van der Waals surface area contributed by atoms with E-state index >= 15 is 0 Å². The van der Waals surface area contributed by atoms with Crippen LogP contribution in [0.5, 0.6) is 0 Å². The lowest BCUT2D eigenvalue weighted by molar-refractivity contribution is -0.130. The van der Waals surface area contributed by atoms with Crippen LogP contribution in [0.15, 0.2) is 72.8 Å². The van der Waals surface area contributed by atoms with E-state index in [1.807, 2.05) is 23.1 Å². The number of piperazine rings is 1. The Morgan fingerprint density at radius 1 is 0.879 bits per heavy atom. The number of hydrogen-bond donors (Lipinski definition) is 0. The number of halogens is 1. The van der Waals surface area contributed by atoms with Crippen LogP contribution in [0, 0.1) is 12.7 Å². The second-order valence-electron chi connectivity index (χ2n) is 8.43. The van der Waals surface area contributed by atoms with Crippen LogP contribution >= 0.6 is 0 Å². The first kappa shape index (κ1) is 21.1. The van der Waals surface area contributed by atoms with Crippen molar-refractivity contribution >= 4 is 22.6 Å². The molecule has 5 rings (SSSR count). The van der Waals surface area contributed by atoms with Gasteiger partial charge in [-0.1, -0.05) is 54.1 Å². The molecule has 0 N–H and O–H groups in total. The molecule has 4 aromatic rings. The molecule has 1 fully saturated rings. The smallest absolute Gasteiger partial charge is 0.227 e. The van der Waals surface area contributed by atoms with Gasteiger partial charge in [-0.15, -0.1) is 0 Å². The lowest BCUT2D eigenvalue weighted by atomic mass is 10.1. The molecule has 0 atom stereocenters. The summed E-state index contributed by atoms with van der Waals surface area (Å²) in [7, 11) is 0. The molecule has 166 valence electrons. The Balaban J connectivity index is 1.36. The summed E-state index contributed by atoms with van der Waals surface area (Å²) in [5.41, 5.74) is 3.92. The van der Waals surface area contributed by atoms with Gasteiger partial charge in [-0.3, -0.25) is 4.79 Å². The van der Waals surface area contributed by atoms with Crippen molar-refractivity contribution in [2.75, 3.05) is 31.1 Å². The normalized spacial score (nSPS) is 14.0. The fourth-order valence-electron chi connectivity index (χ4n) is 4.19. The standard InChI is InChI=1S/C27H25FN4O/c1-19-6-10-21(11-7-19)26-29-24-5-3-2-4-23(24)27(30-26)32-16-14-31(15-17-32)25(33)18-20-8-12-22(28)13-9-20/h2-13H,14-18H2,1H3. The first-order valence-corrected chi connectivity index (χ1v) is 11.2. The van der Waals surface area contributed by atoms with E-state index in [0.717, 1.165) is 27.8 Å². The van der Waals surface area contributed by atoms with Crippen LogP contribution < -0.4 is 4.90 Å². The minimum atomic E-state index is -0.290. The van der Waals surface area contributed by atoms with E-state index in [1.54, 1.807) is 12.1 Å². The molecule has 0 spiro atoms. The van der Waals surface area contributed by atoms with Crippen LogP contribution in [-0.2, 0) is 11.2 Å². The maximum Gasteiger partial charge on any atom is 0.227 e. The topological polar surface area (TPSA) is 49.3 Å². The molecule has 5 nitrogen and oxygen atoms in total. The highest BCUT2D eigenvalue weighted by atomic mass is 19.1. The van der Waals surface area contributed by atoms with E-state index in [2.05, 4.69) is 42.2 Å². The van der Waals surface area contributed by atoms with Gasteiger partial charge in [-0.05, 0) is 36.8 Å². The monoisotopic (exact) mass is 440 g/mol. The number of carbonyl (C=O) groups excluding carboxylic acids is 1. The molecule has 1 aliphatic heterocycles. The number of hydrogen-bond acceptors (Lipinski definition) is 4. The highest BCUT2D eigenvalue weighted by Crippen LogP contribution is 2.28. The number of para-hydroxylation sites is 1. The van der Waals surface area contributed by atoms with Gasteiger partial charge in [-0.25, -0.2) is 14.4 Å². The molecular weight excluding hydrogens is 415 g/mol. The molecule has 0 bridgehead atoms. The fourth-order valence-corrected chi connectivity index (χ4v) is 4.19. The third-order valence-corrected chi connectivity index (χ3v) is 6.09. The summed E-state index contributed by atoms with van der Waals surface area (Å²) in [5.74, 6) is 1.39. The van der Waals surface area contributed by atoms with Gasteiger partial charge < -0.3 is 9.80 Å². The van der Waals surface area contributed by atoms with Gasteiger partial charge >= 0.3 is 0 Å². The number of benzene rings is 3. The Bertz CT molecular complexity index is 1280. The van der Waals surface area contributed by atoms with Crippen LogP contribution in [0.1, 0.15) is 11.1 Å². The predicted octanol–water partition coefficient (Wildman–Crippen LogP) is 4.64. The van der Waals surface area contributed by atoms with Crippen molar-refractivity contribution in [1.29, 1.82) is 0 Å². The number of fused-ring (bicyclic) bond motifs is 1. The maximum atomic E-state index is 13.1. The summed E-state index contributed by atoms with van der Waals surface area (Å²) in [6, 6.07) is 22.4. The van der Waals surface area contributed by atoms with Crippen molar-refractivity contribution in [3.63, 3.8) is 0 Å². The highest BCUT2D eigenvalue weighted by Gasteiger charge is 2.24. The minimum absolute atomic E-state index is 0.0640. The molecule has 33 heavy (non-hydrogen) atoms. The average Bonchev–Trinajstić information content (AvgIpc) is 2.85. The zero-order chi connectivity index (χ0) is 22.8. The van der Waals surface area contributed by atoms with Crippen molar-refractivity contribution in [3.8, 4) is 11.4 Å². The number of aromatic nitrogens is 2. The average molecular weight is 441 g/mol. The molecule has 1 amide bonds. The quantitative estimate of drug-likeness (QED) is 0.464. The minimum Gasteiger partial charge on any atom is -0.352 e. The number of amides is 1. The Hall–Kier alpha value is -3.80. The van der Waals surface area contributed by atoms with Gasteiger partial charge in [-0.2, -0.15) is 0 Å². The molecule has 1 aromatic heterocycles. The third kappa shape index (κ3) is 4.55. The predicted molar refractivity (Wildman–Crippen MR) is 129 cm³/mol. The van der Waals surface area contributed by atoms with E-state index in [0.29, 0.717) is 32.0 Å². The van der Waals surface area contributed by atoms with Gasteiger partial charge in [0.05, 0.1) is 11.9 Å². The molecule has 0 saturated carbocycles. The van der Waals surface area contributed by atoms with Crippen molar-refractivity contribution in [3.05, 3.63) is 89.7 Å². The summed E-state index contributed by atoms with van der Waals surface area (Å²) in [6.07, 6.45) is 0.286. The zero-order valence-electron chi connectivity index (χ0n) is 18.5. The van der Waals surface area contributed by atoms with Gasteiger partial charge in [0.1, 0.15) is 11.6 Å².